The maximum atomic E-state index is 13.9. The normalized spacial score (nSPS) is 17.4. The summed E-state index contributed by atoms with van der Waals surface area (Å²) in [6.07, 6.45) is -0.395. The van der Waals surface area contributed by atoms with Crippen LogP contribution in [0.15, 0.2) is 59.0 Å². The van der Waals surface area contributed by atoms with Crippen molar-refractivity contribution >= 4 is 51.0 Å². The van der Waals surface area contributed by atoms with E-state index in [1.807, 2.05) is 37.4 Å². The number of nitrogens with two attached hydrogens (primary N) is 1. The highest BCUT2D eigenvalue weighted by atomic mass is 35.5. The minimum atomic E-state index is -0.395. The lowest BCUT2D eigenvalue weighted by Crippen LogP contribution is -2.48. The minimum absolute atomic E-state index is 0.0893. The molecule has 2 amide bonds. The van der Waals surface area contributed by atoms with Crippen molar-refractivity contribution in [3.05, 3.63) is 65.9 Å². The number of hydrogen-bond acceptors (Lipinski definition) is 7. The van der Waals surface area contributed by atoms with E-state index in [-0.39, 0.29) is 17.6 Å². The number of rotatable bonds is 6. The average molecular weight is 563 g/mol. The Labute approximate surface area is 236 Å². The number of carbonyl (C=O) groups is 2. The van der Waals surface area contributed by atoms with Crippen LogP contribution < -0.4 is 20.1 Å². The molecule has 9 nitrogen and oxygen atoms in total. The zero-order chi connectivity index (χ0) is 27.8. The van der Waals surface area contributed by atoms with E-state index in [1.54, 1.807) is 34.1 Å². The summed E-state index contributed by atoms with van der Waals surface area (Å²) >= 11 is 6.43. The van der Waals surface area contributed by atoms with Crippen molar-refractivity contribution in [2.24, 2.45) is 5.73 Å². The highest BCUT2D eigenvalue weighted by Crippen LogP contribution is 2.46. The molecule has 1 unspecified atom stereocenters. The number of likely N-dealkylation sites (N-methyl/N-ethyl adjacent to an activating group) is 1. The average Bonchev–Trinajstić information content (AvgIpc) is 3.57. The van der Waals surface area contributed by atoms with Crippen LogP contribution in [0.2, 0.25) is 0 Å². The smallest absolute Gasteiger partial charge is 0.415 e. The minimum Gasteiger partial charge on any atom is -0.492 e. The van der Waals surface area contributed by atoms with Crippen LogP contribution in [0.3, 0.4) is 0 Å². The van der Waals surface area contributed by atoms with Gasteiger partial charge < -0.3 is 34.3 Å². The van der Waals surface area contributed by atoms with Crippen molar-refractivity contribution in [1.82, 2.24) is 9.80 Å². The predicted molar refractivity (Wildman–Crippen MR) is 155 cm³/mol. The van der Waals surface area contributed by atoms with Crippen molar-refractivity contribution in [1.29, 1.82) is 0 Å². The van der Waals surface area contributed by atoms with Crippen LogP contribution in [-0.4, -0.2) is 80.6 Å². The van der Waals surface area contributed by atoms with Crippen molar-refractivity contribution in [2.45, 2.75) is 5.92 Å². The lowest BCUT2D eigenvalue weighted by Gasteiger charge is -2.31. The lowest BCUT2D eigenvalue weighted by atomic mass is 9.95. The summed E-state index contributed by atoms with van der Waals surface area (Å²) in [5, 5.41) is 2.47. The van der Waals surface area contributed by atoms with Crippen LogP contribution in [0, 0.1) is 0 Å². The molecule has 3 aromatic carbocycles. The van der Waals surface area contributed by atoms with Gasteiger partial charge in [-0.25, -0.2) is 4.79 Å². The number of benzene rings is 3. The summed E-state index contributed by atoms with van der Waals surface area (Å²) in [5.74, 6) is 1.23. The molecule has 0 aliphatic carbocycles. The maximum Gasteiger partial charge on any atom is 0.415 e. The number of halogens is 1. The number of piperazine rings is 1. The van der Waals surface area contributed by atoms with Gasteiger partial charge in [-0.15, -0.1) is 11.6 Å². The summed E-state index contributed by atoms with van der Waals surface area (Å²) in [5.41, 5.74) is 7.76. The summed E-state index contributed by atoms with van der Waals surface area (Å²) in [4.78, 5) is 32.5. The summed E-state index contributed by atoms with van der Waals surface area (Å²) < 4.78 is 17.5. The maximum absolute atomic E-state index is 13.9. The van der Waals surface area contributed by atoms with Crippen LogP contribution in [-0.2, 0) is 0 Å². The molecular weight excluding hydrogens is 532 g/mol. The number of furan rings is 1. The van der Waals surface area contributed by atoms with Gasteiger partial charge in [0.25, 0.3) is 5.91 Å². The van der Waals surface area contributed by atoms with Gasteiger partial charge in [0.05, 0.1) is 5.69 Å². The van der Waals surface area contributed by atoms with Gasteiger partial charge in [0, 0.05) is 67.9 Å². The van der Waals surface area contributed by atoms with E-state index in [9.17, 15) is 9.59 Å². The standard InChI is InChI=1S/C30H31ClN4O5/c1-33-9-11-34(12-10-33)30(37)40-26-16-24-28(23-5-3-2-4-22(23)26)20(17-31)18-35(24)29(36)27-15-19-14-21(38-13-8-32)6-7-25(19)39-27/h2-7,14-16,20H,8-13,17-18,32H2,1H3. The number of amides is 2. The zero-order valence-electron chi connectivity index (χ0n) is 22.3. The van der Waals surface area contributed by atoms with Crippen molar-refractivity contribution in [3.8, 4) is 11.5 Å². The lowest BCUT2D eigenvalue weighted by molar-refractivity contribution is 0.0964. The van der Waals surface area contributed by atoms with Gasteiger partial charge in [-0.05, 0) is 42.3 Å². The van der Waals surface area contributed by atoms with Gasteiger partial charge in [0.1, 0.15) is 23.7 Å². The number of anilines is 1. The van der Waals surface area contributed by atoms with E-state index < -0.39 is 6.09 Å². The Balaban J connectivity index is 1.36. The van der Waals surface area contributed by atoms with Gasteiger partial charge in [0.15, 0.2) is 5.76 Å². The highest BCUT2D eigenvalue weighted by Gasteiger charge is 2.36. The Kier molecular flexibility index (Phi) is 7.27. The molecule has 0 bridgehead atoms. The number of nitrogens with zero attached hydrogens (tertiary/aromatic N) is 3. The van der Waals surface area contributed by atoms with Crippen LogP contribution in [0.5, 0.6) is 11.5 Å². The molecule has 4 aromatic rings. The van der Waals surface area contributed by atoms with E-state index in [1.165, 1.54) is 0 Å². The van der Waals surface area contributed by atoms with E-state index in [0.29, 0.717) is 61.4 Å². The van der Waals surface area contributed by atoms with Crippen molar-refractivity contribution in [2.75, 3.05) is 63.7 Å². The van der Waals surface area contributed by atoms with Gasteiger partial charge in [-0.3, -0.25) is 4.79 Å². The van der Waals surface area contributed by atoms with Crippen LogP contribution in [0.25, 0.3) is 21.7 Å². The number of alkyl halides is 1. The van der Waals surface area contributed by atoms with Gasteiger partial charge in [0.2, 0.25) is 0 Å². The molecule has 2 aliphatic rings. The molecule has 3 heterocycles. The molecule has 40 heavy (non-hydrogen) atoms. The van der Waals surface area contributed by atoms with Crippen molar-refractivity contribution < 1.29 is 23.5 Å². The quantitative estimate of drug-likeness (QED) is 0.341. The molecule has 1 atom stereocenters. The molecule has 1 saturated heterocycles. The third-order valence-corrected chi connectivity index (χ3v) is 7.98. The Hall–Kier alpha value is -3.79. The topological polar surface area (TPSA) is 101 Å². The molecule has 0 radical (unpaired) electrons. The fraction of sp³-hybridized carbons (Fsp3) is 0.333. The molecule has 2 aliphatic heterocycles. The SMILES string of the molecule is CN1CCN(C(=O)Oc2cc3c(c4ccccc24)C(CCl)CN3C(=O)c2cc3cc(OCCN)ccc3o2)CC1. The monoisotopic (exact) mass is 562 g/mol. The predicted octanol–water partition coefficient (Wildman–Crippen LogP) is 4.65. The first-order valence-corrected chi connectivity index (χ1v) is 14.0. The van der Waals surface area contributed by atoms with Gasteiger partial charge in [-0.2, -0.15) is 0 Å². The van der Waals surface area contributed by atoms with E-state index in [2.05, 4.69) is 4.90 Å². The Morgan fingerprint density at radius 2 is 1.82 bits per heavy atom. The molecule has 10 heteroatoms. The number of fused-ring (bicyclic) bond motifs is 4. The van der Waals surface area contributed by atoms with Crippen molar-refractivity contribution in [3.63, 3.8) is 0 Å². The molecule has 208 valence electrons. The fourth-order valence-corrected chi connectivity index (χ4v) is 5.74. The molecule has 0 saturated carbocycles. The molecule has 1 aromatic heterocycles. The van der Waals surface area contributed by atoms with Crippen LogP contribution in [0.4, 0.5) is 10.5 Å². The first-order valence-electron chi connectivity index (χ1n) is 13.4. The van der Waals surface area contributed by atoms with Crippen LogP contribution in [0.1, 0.15) is 22.0 Å². The second kappa shape index (κ2) is 11.0. The Morgan fingerprint density at radius 1 is 1.05 bits per heavy atom. The van der Waals surface area contributed by atoms with Gasteiger partial charge >= 0.3 is 6.09 Å². The molecule has 1 fully saturated rings. The number of carbonyl (C=O) groups excluding carboxylic acids is 2. The molecular formula is C30H31ClN4O5. The Morgan fingerprint density at radius 3 is 2.58 bits per heavy atom. The first kappa shape index (κ1) is 26.4. The third-order valence-electron chi connectivity index (χ3n) is 7.60. The van der Waals surface area contributed by atoms with E-state index in [4.69, 9.17) is 31.2 Å². The summed E-state index contributed by atoms with van der Waals surface area (Å²) in [6.45, 7) is 3.97. The summed E-state index contributed by atoms with van der Waals surface area (Å²) in [6, 6.07) is 16.7. The third kappa shape index (κ3) is 4.85. The molecule has 6 rings (SSSR count). The number of hydrogen-bond donors (Lipinski definition) is 1. The van der Waals surface area contributed by atoms with E-state index in [0.717, 1.165) is 34.8 Å². The summed E-state index contributed by atoms with van der Waals surface area (Å²) in [7, 11) is 2.03. The first-order chi connectivity index (χ1) is 19.5. The van der Waals surface area contributed by atoms with E-state index >= 15 is 0 Å². The zero-order valence-corrected chi connectivity index (χ0v) is 23.0. The second-order valence-corrected chi connectivity index (χ2v) is 10.5. The molecule has 2 N–H and O–H groups in total. The largest absolute Gasteiger partial charge is 0.492 e. The Bertz CT molecular complexity index is 1580. The van der Waals surface area contributed by atoms with Crippen LogP contribution >= 0.6 is 11.6 Å². The molecule has 0 spiro atoms. The highest BCUT2D eigenvalue weighted by molar-refractivity contribution is 6.19. The second-order valence-electron chi connectivity index (χ2n) is 10.2. The van der Waals surface area contributed by atoms with Gasteiger partial charge in [-0.1, -0.05) is 24.3 Å². The fourth-order valence-electron chi connectivity index (χ4n) is 5.49. The number of ether oxygens (including phenoxy) is 2.